The number of nitro groups is 1. The summed E-state index contributed by atoms with van der Waals surface area (Å²) in [5, 5.41) is 13.6. The van der Waals surface area contributed by atoms with Gasteiger partial charge >= 0.3 is 5.97 Å². The van der Waals surface area contributed by atoms with Crippen LogP contribution in [0.2, 0.25) is 0 Å². The molecule has 0 aliphatic carbocycles. The summed E-state index contributed by atoms with van der Waals surface area (Å²) in [5.41, 5.74) is -0.369. The largest absolute Gasteiger partial charge is 0.496 e. The van der Waals surface area contributed by atoms with Gasteiger partial charge in [0.1, 0.15) is 17.2 Å². The van der Waals surface area contributed by atoms with E-state index in [1.54, 1.807) is 31.2 Å². The summed E-state index contributed by atoms with van der Waals surface area (Å²) in [6.45, 7) is 3.12. The molecular weight excluding hydrogens is 380 g/mol. The molecule has 9 heteroatoms. The van der Waals surface area contributed by atoms with E-state index in [0.29, 0.717) is 12.2 Å². The molecule has 0 fully saturated rings. The van der Waals surface area contributed by atoms with Crippen molar-refractivity contribution in [2.24, 2.45) is 0 Å². The number of nitro benzene ring substituents is 1. The van der Waals surface area contributed by atoms with Crippen LogP contribution in [0.4, 0.5) is 11.4 Å². The molecule has 0 aromatic heterocycles. The van der Waals surface area contributed by atoms with E-state index < -0.39 is 29.0 Å². The first-order valence-electron chi connectivity index (χ1n) is 8.91. The van der Waals surface area contributed by atoms with E-state index in [9.17, 15) is 19.7 Å². The zero-order chi connectivity index (χ0) is 21.4. The fourth-order valence-electron chi connectivity index (χ4n) is 2.39. The van der Waals surface area contributed by atoms with Crippen LogP contribution < -0.4 is 14.8 Å². The number of ether oxygens (including phenoxy) is 3. The van der Waals surface area contributed by atoms with Gasteiger partial charge in [-0.05, 0) is 37.6 Å². The Morgan fingerprint density at radius 3 is 2.41 bits per heavy atom. The number of carbonyl (C=O) groups is 2. The van der Waals surface area contributed by atoms with Gasteiger partial charge in [-0.1, -0.05) is 25.1 Å². The molecular formula is C20H22N2O7. The molecule has 2 atom stereocenters. The number of hydrogen-bond donors (Lipinski definition) is 1. The van der Waals surface area contributed by atoms with E-state index in [1.807, 2.05) is 6.07 Å². The Kier molecular flexibility index (Phi) is 7.53. The van der Waals surface area contributed by atoms with Crippen LogP contribution in [0.25, 0.3) is 0 Å². The summed E-state index contributed by atoms with van der Waals surface area (Å²) in [7, 11) is 1.38. The highest BCUT2D eigenvalue weighted by Crippen LogP contribution is 2.29. The molecule has 1 amide bonds. The van der Waals surface area contributed by atoms with Crippen LogP contribution >= 0.6 is 0 Å². The highest BCUT2D eigenvalue weighted by atomic mass is 16.6. The number of esters is 1. The third-order valence-electron chi connectivity index (χ3n) is 3.98. The topological polar surface area (TPSA) is 117 Å². The molecule has 0 heterocycles. The van der Waals surface area contributed by atoms with Crippen LogP contribution in [0.15, 0.2) is 48.5 Å². The standard InChI is InChI=1S/C20H22N2O7/c1-4-18(29-14-8-6-5-7-9-14)20(24)28-13(2)19(23)21-16-11-10-15(27-3)12-17(16)22(25)26/h5-13,18H,4H2,1-3H3,(H,21,23)/t13-,18+/m0/s1. The monoisotopic (exact) mass is 402 g/mol. The summed E-state index contributed by atoms with van der Waals surface area (Å²) in [6.07, 6.45) is -1.73. The van der Waals surface area contributed by atoms with E-state index in [1.165, 1.54) is 32.2 Å². The second-order valence-corrected chi connectivity index (χ2v) is 6.04. The summed E-state index contributed by atoms with van der Waals surface area (Å²) in [4.78, 5) is 35.3. The average Bonchev–Trinajstić information content (AvgIpc) is 2.72. The lowest BCUT2D eigenvalue weighted by atomic mass is 10.2. The molecule has 2 aromatic carbocycles. The Balaban J connectivity index is 2.02. The van der Waals surface area contributed by atoms with E-state index in [4.69, 9.17) is 14.2 Å². The third kappa shape index (κ3) is 5.93. The molecule has 0 saturated heterocycles. The van der Waals surface area contributed by atoms with E-state index in [0.717, 1.165) is 0 Å². The molecule has 0 unspecified atom stereocenters. The second-order valence-electron chi connectivity index (χ2n) is 6.04. The molecule has 2 rings (SSSR count). The highest BCUT2D eigenvalue weighted by molar-refractivity contribution is 5.97. The fraction of sp³-hybridized carbons (Fsp3) is 0.300. The third-order valence-corrected chi connectivity index (χ3v) is 3.98. The van der Waals surface area contributed by atoms with Gasteiger partial charge in [0.15, 0.2) is 12.2 Å². The summed E-state index contributed by atoms with van der Waals surface area (Å²) < 4.78 is 15.7. The van der Waals surface area contributed by atoms with Crippen molar-refractivity contribution in [2.75, 3.05) is 12.4 Å². The first kappa shape index (κ1) is 21.7. The van der Waals surface area contributed by atoms with E-state index >= 15 is 0 Å². The minimum Gasteiger partial charge on any atom is -0.496 e. The second kappa shape index (κ2) is 10.1. The minimum absolute atomic E-state index is 0.0312. The lowest BCUT2D eigenvalue weighted by Gasteiger charge is -2.19. The lowest BCUT2D eigenvalue weighted by Crippen LogP contribution is -2.36. The molecule has 2 aromatic rings. The molecule has 0 aliphatic rings. The van der Waals surface area contributed by atoms with Crippen molar-refractivity contribution in [3.05, 3.63) is 58.6 Å². The fourth-order valence-corrected chi connectivity index (χ4v) is 2.39. The van der Waals surface area contributed by atoms with Gasteiger partial charge in [-0.25, -0.2) is 4.79 Å². The Hall–Kier alpha value is -3.62. The Bertz CT molecular complexity index is 870. The zero-order valence-electron chi connectivity index (χ0n) is 16.3. The first-order chi connectivity index (χ1) is 13.8. The molecule has 0 radical (unpaired) electrons. The zero-order valence-corrected chi connectivity index (χ0v) is 16.3. The van der Waals surface area contributed by atoms with Crippen LogP contribution in [0.5, 0.6) is 11.5 Å². The number of amides is 1. The van der Waals surface area contributed by atoms with Gasteiger partial charge in [-0.3, -0.25) is 14.9 Å². The average molecular weight is 402 g/mol. The number of para-hydroxylation sites is 1. The number of nitrogens with zero attached hydrogens (tertiary/aromatic N) is 1. The smallest absolute Gasteiger partial charge is 0.348 e. The molecule has 0 spiro atoms. The number of methoxy groups -OCH3 is 1. The van der Waals surface area contributed by atoms with Crippen molar-refractivity contribution in [1.29, 1.82) is 0 Å². The van der Waals surface area contributed by atoms with Crippen molar-refractivity contribution in [1.82, 2.24) is 0 Å². The number of rotatable bonds is 9. The molecule has 0 bridgehead atoms. The molecule has 0 saturated carbocycles. The molecule has 0 aliphatic heterocycles. The van der Waals surface area contributed by atoms with Crippen molar-refractivity contribution in [2.45, 2.75) is 32.5 Å². The van der Waals surface area contributed by atoms with Gasteiger partial charge in [-0.15, -0.1) is 0 Å². The van der Waals surface area contributed by atoms with Crippen LogP contribution in [-0.2, 0) is 14.3 Å². The van der Waals surface area contributed by atoms with Gasteiger partial charge < -0.3 is 19.5 Å². The predicted octanol–water partition coefficient (Wildman–Crippen LogP) is 3.33. The number of carbonyl (C=O) groups excluding carboxylic acids is 2. The molecule has 1 N–H and O–H groups in total. The van der Waals surface area contributed by atoms with Gasteiger partial charge in [0.25, 0.3) is 11.6 Å². The van der Waals surface area contributed by atoms with Gasteiger partial charge in [0.2, 0.25) is 0 Å². The lowest BCUT2D eigenvalue weighted by molar-refractivity contribution is -0.384. The summed E-state index contributed by atoms with van der Waals surface area (Å²) >= 11 is 0. The number of nitrogens with one attached hydrogen (secondary N) is 1. The van der Waals surface area contributed by atoms with Crippen molar-refractivity contribution in [3.63, 3.8) is 0 Å². The molecule has 154 valence electrons. The Morgan fingerprint density at radius 1 is 1.14 bits per heavy atom. The maximum absolute atomic E-state index is 12.4. The quantitative estimate of drug-likeness (QED) is 0.388. The Morgan fingerprint density at radius 2 is 1.83 bits per heavy atom. The molecule has 29 heavy (non-hydrogen) atoms. The van der Waals surface area contributed by atoms with Crippen LogP contribution in [0.3, 0.4) is 0 Å². The number of hydrogen-bond acceptors (Lipinski definition) is 7. The summed E-state index contributed by atoms with van der Waals surface area (Å²) in [6, 6.07) is 12.8. The molecule has 9 nitrogen and oxygen atoms in total. The maximum Gasteiger partial charge on any atom is 0.348 e. The van der Waals surface area contributed by atoms with Crippen LogP contribution in [-0.4, -0.2) is 36.1 Å². The van der Waals surface area contributed by atoms with Crippen molar-refractivity contribution >= 4 is 23.3 Å². The van der Waals surface area contributed by atoms with E-state index in [-0.39, 0.29) is 17.1 Å². The van der Waals surface area contributed by atoms with Gasteiger partial charge in [-0.2, -0.15) is 0 Å². The van der Waals surface area contributed by atoms with Crippen LogP contribution in [0, 0.1) is 10.1 Å². The SMILES string of the molecule is CC[C@@H](Oc1ccccc1)C(=O)O[C@@H](C)C(=O)Nc1ccc(OC)cc1[N+](=O)[O-]. The normalized spacial score (nSPS) is 12.4. The van der Waals surface area contributed by atoms with Gasteiger partial charge in [0, 0.05) is 0 Å². The number of benzene rings is 2. The first-order valence-corrected chi connectivity index (χ1v) is 8.91. The van der Waals surface area contributed by atoms with Gasteiger partial charge in [0.05, 0.1) is 18.1 Å². The van der Waals surface area contributed by atoms with E-state index in [2.05, 4.69) is 5.32 Å². The predicted molar refractivity (Wildman–Crippen MR) is 105 cm³/mol. The van der Waals surface area contributed by atoms with Crippen molar-refractivity contribution < 1.29 is 28.7 Å². The number of anilines is 1. The summed E-state index contributed by atoms with van der Waals surface area (Å²) in [5.74, 6) is -0.635. The highest BCUT2D eigenvalue weighted by Gasteiger charge is 2.27. The van der Waals surface area contributed by atoms with Crippen LogP contribution in [0.1, 0.15) is 20.3 Å². The minimum atomic E-state index is -1.18. The van der Waals surface area contributed by atoms with Crippen molar-refractivity contribution in [3.8, 4) is 11.5 Å². The Labute approximate surface area is 167 Å². The maximum atomic E-state index is 12.4.